The van der Waals surface area contributed by atoms with E-state index in [2.05, 4.69) is 58.6 Å². The van der Waals surface area contributed by atoms with Gasteiger partial charge < -0.3 is 20.3 Å². The van der Waals surface area contributed by atoms with Gasteiger partial charge in [0.05, 0.1) is 12.2 Å². The SMILES string of the molecule is CCC(=O)N1CCC(NC(=NC)NCc2ccc(CN3CC(C)OC(C)C3)cc2)C1. The molecule has 0 spiro atoms. The van der Waals surface area contributed by atoms with Crippen LogP contribution in [0.2, 0.25) is 0 Å². The highest BCUT2D eigenvalue weighted by Crippen LogP contribution is 2.15. The third-order valence-electron chi connectivity index (χ3n) is 5.79. The smallest absolute Gasteiger partial charge is 0.222 e. The van der Waals surface area contributed by atoms with Gasteiger partial charge in [0, 0.05) is 58.8 Å². The highest BCUT2D eigenvalue weighted by Gasteiger charge is 2.26. The van der Waals surface area contributed by atoms with Crippen LogP contribution in [0.3, 0.4) is 0 Å². The van der Waals surface area contributed by atoms with Crippen molar-refractivity contribution in [2.75, 3.05) is 33.2 Å². The molecule has 166 valence electrons. The third-order valence-corrected chi connectivity index (χ3v) is 5.79. The number of rotatable bonds is 6. The summed E-state index contributed by atoms with van der Waals surface area (Å²) in [5.74, 6) is 1.01. The van der Waals surface area contributed by atoms with Crippen molar-refractivity contribution in [2.24, 2.45) is 4.99 Å². The molecule has 3 rings (SSSR count). The van der Waals surface area contributed by atoms with Crippen LogP contribution in [0.1, 0.15) is 44.7 Å². The number of carbonyl (C=O) groups excluding carboxylic acids is 1. The Labute approximate surface area is 180 Å². The predicted molar refractivity (Wildman–Crippen MR) is 120 cm³/mol. The molecule has 2 saturated heterocycles. The molecule has 2 fully saturated rings. The summed E-state index contributed by atoms with van der Waals surface area (Å²) in [5.41, 5.74) is 2.55. The summed E-state index contributed by atoms with van der Waals surface area (Å²) in [6.45, 7) is 11.4. The van der Waals surface area contributed by atoms with Crippen molar-refractivity contribution in [2.45, 2.75) is 65.0 Å². The fraction of sp³-hybridized carbons (Fsp3) is 0.652. The van der Waals surface area contributed by atoms with Crippen LogP contribution in [0.4, 0.5) is 0 Å². The molecule has 2 N–H and O–H groups in total. The lowest BCUT2D eigenvalue weighted by Crippen LogP contribution is -2.44. The van der Waals surface area contributed by atoms with Gasteiger partial charge in [-0.05, 0) is 31.4 Å². The molecule has 7 nitrogen and oxygen atoms in total. The third kappa shape index (κ3) is 6.44. The van der Waals surface area contributed by atoms with E-state index in [4.69, 9.17) is 4.74 Å². The van der Waals surface area contributed by atoms with Gasteiger partial charge in [-0.3, -0.25) is 14.7 Å². The van der Waals surface area contributed by atoms with Crippen molar-refractivity contribution in [1.29, 1.82) is 0 Å². The lowest BCUT2D eigenvalue weighted by Gasteiger charge is -2.35. The fourth-order valence-electron chi connectivity index (χ4n) is 4.34. The average Bonchev–Trinajstić information content (AvgIpc) is 3.19. The van der Waals surface area contributed by atoms with E-state index in [1.165, 1.54) is 11.1 Å². The number of benzene rings is 1. The standard InChI is InChI=1S/C23H37N5O2/c1-5-22(29)28-11-10-21(16-28)26-23(24-4)25-12-19-6-8-20(9-7-19)15-27-13-17(2)30-18(3)14-27/h6-9,17-18,21H,5,10-16H2,1-4H3,(H2,24,25,26). The van der Waals surface area contributed by atoms with Crippen molar-refractivity contribution in [1.82, 2.24) is 20.4 Å². The second-order valence-corrected chi connectivity index (χ2v) is 8.52. The largest absolute Gasteiger partial charge is 0.373 e. The van der Waals surface area contributed by atoms with Gasteiger partial charge in [0.15, 0.2) is 5.96 Å². The number of ether oxygens (including phenoxy) is 1. The lowest BCUT2D eigenvalue weighted by molar-refractivity contribution is -0.129. The van der Waals surface area contributed by atoms with Gasteiger partial charge >= 0.3 is 0 Å². The minimum atomic E-state index is 0.225. The van der Waals surface area contributed by atoms with Crippen molar-refractivity contribution in [3.05, 3.63) is 35.4 Å². The highest BCUT2D eigenvalue weighted by molar-refractivity contribution is 5.80. The number of nitrogens with zero attached hydrogens (tertiary/aromatic N) is 3. The van der Waals surface area contributed by atoms with Gasteiger partial charge in [0.2, 0.25) is 5.91 Å². The van der Waals surface area contributed by atoms with E-state index in [1.807, 2.05) is 11.8 Å². The first-order valence-electron chi connectivity index (χ1n) is 11.2. The van der Waals surface area contributed by atoms with Crippen LogP contribution in [0.15, 0.2) is 29.3 Å². The fourth-order valence-corrected chi connectivity index (χ4v) is 4.34. The molecular weight excluding hydrogens is 378 g/mol. The van der Waals surface area contributed by atoms with Gasteiger partial charge in [0.1, 0.15) is 0 Å². The zero-order chi connectivity index (χ0) is 21.5. The monoisotopic (exact) mass is 415 g/mol. The molecule has 0 saturated carbocycles. The van der Waals surface area contributed by atoms with Crippen LogP contribution in [-0.2, 0) is 22.6 Å². The van der Waals surface area contributed by atoms with Crippen LogP contribution in [0.25, 0.3) is 0 Å². The van der Waals surface area contributed by atoms with Crippen LogP contribution in [0, 0.1) is 0 Å². The maximum Gasteiger partial charge on any atom is 0.222 e. The van der Waals surface area contributed by atoms with Crippen molar-refractivity contribution in [3.8, 4) is 0 Å². The summed E-state index contributed by atoms with van der Waals surface area (Å²) in [6, 6.07) is 9.04. The van der Waals surface area contributed by atoms with E-state index in [9.17, 15) is 4.79 Å². The second kappa shape index (κ2) is 10.8. The summed E-state index contributed by atoms with van der Waals surface area (Å²) < 4.78 is 5.82. The molecule has 1 amide bonds. The molecule has 0 radical (unpaired) electrons. The molecule has 0 aliphatic carbocycles. The first-order valence-corrected chi connectivity index (χ1v) is 11.2. The molecular formula is C23H37N5O2. The average molecular weight is 416 g/mol. The Morgan fingerprint density at radius 2 is 1.80 bits per heavy atom. The molecule has 2 aliphatic heterocycles. The quantitative estimate of drug-likeness (QED) is 0.549. The molecule has 30 heavy (non-hydrogen) atoms. The van der Waals surface area contributed by atoms with Crippen molar-refractivity contribution >= 4 is 11.9 Å². The number of nitrogens with one attached hydrogen (secondary N) is 2. The predicted octanol–water partition coefficient (Wildman–Crippen LogP) is 1.97. The molecule has 7 heteroatoms. The molecule has 3 atom stereocenters. The molecule has 2 heterocycles. The van der Waals surface area contributed by atoms with Gasteiger partial charge in [-0.2, -0.15) is 0 Å². The van der Waals surface area contributed by atoms with Gasteiger partial charge in [-0.1, -0.05) is 31.2 Å². The van der Waals surface area contributed by atoms with Gasteiger partial charge in [-0.15, -0.1) is 0 Å². The molecule has 2 aliphatic rings. The Bertz CT molecular complexity index is 711. The molecule has 1 aromatic carbocycles. The van der Waals surface area contributed by atoms with Crippen LogP contribution in [-0.4, -0.2) is 73.1 Å². The lowest BCUT2D eigenvalue weighted by atomic mass is 10.1. The summed E-state index contributed by atoms with van der Waals surface area (Å²) in [7, 11) is 1.78. The van der Waals surface area contributed by atoms with Crippen molar-refractivity contribution in [3.63, 3.8) is 0 Å². The highest BCUT2D eigenvalue weighted by atomic mass is 16.5. The number of aliphatic imine (C=N–C) groups is 1. The van der Waals surface area contributed by atoms with Crippen LogP contribution < -0.4 is 10.6 Å². The number of amides is 1. The van der Waals surface area contributed by atoms with E-state index in [1.54, 1.807) is 7.05 Å². The Morgan fingerprint density at radius 3 is 2.43 bits per heavy atom. The van der Waals surface area contributed by atoms with Crippen LogP contribution in [0.5, 0.6) is 0 Å². The number of guanidine groups is 1. The first kappa shape index (κ1) is 22.6. The molecule has 1 aromatic rings. The molecule has 0 aromatic heterocycles. The molecule has 3 unspecified atom stereocenters. The number of hydrogen-bond acceptors (Lipinski definition) is 4. The maximum atomic E-state index is 11.9. The zero-order valence-electron chi connectivity index (χ0n) is 18.9. The summed E-state index contributed by atoms with van der Waals surface area (Å²) in [5, 5.41) is 6.84. The first-order chi connectivity index (χ1) is 14.5. The Morgan fingerprint density at radius 1 is 1.13 bits per heavy atom. The Kier molecular flexibility index (Phi) is 8.10. The Balaban J connectivity index is 1.44. The summed E-state index contributed by atoms with van der Waals surface area (Å²) >= 11 is 0. The minimum Gasteiger partial charge on any atom is -0.373 e. The van der Waals surface area contributed by atoms with Gasteiger partial charge in [0.25, 0.3) is 0 Å². The van der Waals surface area contributed by atoms with E-state index >= 15 is 0 Å². The van der Waals surface area contributed by atoms with E-state index in [0.29, 0.717) is 18.6 Å². The second-order valence-electron chi connectivity index (χ2n) is 8.52. The maximum absolute atomic E-state index is 11.9. The minimum absolute atomic E-state index is 0.225. The van der Waals surface area contributed by atoms with Crippen molar-refractivity contribution < 1.29 is 9.53 Å². The molecule has 0 bridgehead atoms. The number of morpholine rings is 1. The van der Waals surface area contributed by atoms with E-state index < -0.39 is 0 Å². The van der Waals surface area contributed by atoms with E-state index in [0.717, 1.165) is 51.6 Å². The number of carbonyl (C=O) groups is 1. The normalized spacial score (nSPS) is 25.4. The number of hydrogen-bond donors (Lipinski definition) is 2. The number of likely N-dealkylation sites (tertiary alicyclic amines) is 1. The summed E-state index contributed by atoms with van der Waals surface area (Å²) in [4.78, 5) is 20.6. The van der Waals surface area contributed by atoms with Gasteiger partial charge in [-0.25, -0.2) is 0 Å². The van der Waals surface area contributed by atoms with E-state index in [-0.39, 0.29) is 11.9 Å². The zero-order valence-corrected chi connectivity index (χ0v) is 18.9. The summed E-state index contributed by atoms with van der Waals surface area (Å²) in [6.07, 6.45) is 2.12. The Hall–Kier alpha value is -2.12. The van der Waals surface area contributed by atoms with Crippen LogP contribution >= 0.6 is 0 Å². The topological polar surface area (TPSA) is 69.2 Å².